The van der Waals surface area contributed by atoms with Crippen LogP contribution in [0.2, 0.25) is 0 Å². The standard InChI is InChI=1S/C16H27N3S/c1-3-13-7-5-4-6-10-19(13)16-18-15(12-8-9-12)14(20-16)11-17-2/h12-13,17H,3-11H2,1-2H3. The highest BCUT2D eigenvalue weighted by Crippen LogP contribution is 2.44. The maximum absolute atomic E-state index is 5.06. The number of anilines is 1. The summed E-state index contributed by atoms with van der Waals surface area (Å²) in [7, 11) is 2.04. The molecule has 20 heavy (non-hydrogen) atoms. The molecule has 1 atom stereocenters. The van der Waals surface area contributed by atoms with Crippen LogP contribution in [-0.4, -0.2) is 24.6 Å². The Labute approximate surface area is 126 Å². The van der Waals surface area contributed by atoms with Crippen LogP contribution in [0, 0.1) is 0 Å². The van der Waals surface area contributed by atoms with E-state index < -0.39 is 0 Å². The molecule has 1 saturated carbocycles. The predicted molar refractivity (Wildman–Crippen MR) is 86.7 cm³/mol. The quantitative estimate of drug-likeness (QED) is 0.892. The average Bonchev–Trinajstić information content (AvgIpc) is 3.25. The van der Waals surface area contributed by atoms with E-state index in [0.29, 0.717) is 6.04 Å². The van der Waals surface area contributed by atoms with E-state index in [1.54, 1.807) is 0 Å². The first-order chi connectivity index (χ1) is 9.83. The SMILES string of the molecule is CCC1CCCCCN1c1nc(C2CC2)c(CNC)s1. The largest absolute Gasteiger partial charge is 0.345 e. The summed E-state index contributed by atoms with van der Waals surface area (Å²) in [5.74, 6) is 0.760. The van der Waals surface area contributed by atoms with Gasteiger partial charge < -0.3 is 10.2 Å². The summed E-state index contributed by atoms with van der Waals surface area (Å²) in [4.78, 5) is 9.15. The van der Waals surface area contributed by atoms with Crippen molar-refractivity contribution in [3.63, 3.8) is 0 Å². The van der Waals surface area contributed by atoms with E-state index in [-0.39, 0.29) is 0 Å². The Morgan fingerprint density at radius 2 is 2.10 bits per heavy atom. The Hall–Kier alpha value is -0.610. The molecule has 0 spiro atoms. The van der Waals surface area contributed by atoms with Gasteiger partial charge >= 0.3 is 0 Å². The lowest BCUT2D eigenvalue weighted by molar-refractivity contribution is 0.555. The first kappa shape index (κ1) is 14.3. The van der Waals surface area contributed by atoms with Crippen molar-refractivity contribution in [2.24, 2.45) is 0 Å². The van der Waals surface area contributed by atoms with E-state index in [9.17, 15) is 0 Å². The molecule has 1 N–H and O–H groups in total. The molecule has 0 bridgehead atoms. The topological polar surface area (TPSA) is 28.2 Å². The van der Waals surface area contributed by atoms with Gasteiger partial charge in [0.25, 0.3) is 0 Å². The average molecular weight is 293 g/mol. The van der Waals surface area contributed by atoms with Crippen molar-refractivity contribution in [1.29, 1.82) is 0 Å². The Balaban J connectivity index is 1.85. The summed E-state index contributed by atoms with van der Waals surface area (Å²) < 4.78 is 0. The van der Waals surface area contributed by atoms with E-state index in [4.69, 9.17) is 4.98 Å². The molecule has 2 aliphatic rings. The lowest BCUT2D eigenvalue weighted by atomic mass is 10.1. The van der Waals surface area contributed by atoms with E-state index in [2.05, 4.69) is 17.1 Å². The van der Waals surface area contributed by atoms with Crippen LogP contribution in [0.3, 0.4) is 0 Å². The first-order valence-electron chi connectivity index (χ1n) is 8.24. The fourth-order valence-electron chi connectivity index (χ4n) is 3.29. The second-order valence-corrected chi connectivity index (χ2v) is 7.28. The Kier molecular flexibility index (Phi) is 4.61. The molecular weight excluding hydrogens is 266 g/mol. The minimum absolute atomic E-state index is 0.707. The molecule has 0 aromatic carbocycles. The fraction of sp³-hybridized carbons (Fsp3) is 0.812. The molecule has 3 nitrogen and oxygen atoms in total. The second kappa shape index (κ2) is 6.44. The third-order valence-corrected chi connectivity index (χ3v) is 5.72. The van der Waals surface area contributed by atoms with Crippen LogP contribution < -0.4 is 10.2 Å². The van der Waals surface area contributed by atoms with Crippen LogP contribution in [0.4, 0.5) is 5.13 Å². The molecule has 112 valence electrons. The number of nitrogens with zero attached hydrogens (tertiary/aromatic N) is 2. The summed E-state index contributed by atoms with van der Waals surface area (Å²) in [5, 5.41) is 4.61. The molecule has 0 amide bonds. The van der Waals surface area contributed by atoms with Crippen molar-refractivity contribution in [1.82, 2.24) is 10.3 Å². The van der Waals surface area contributed by atoms with Crippen LogP contribution >= 0.6 is 11.3 Å². The maximum atomic E-state index is 5.06. The normalized spacial score (nSPS) is 23.9. The highest BCUT2D eigenvalue weighted by atomic mass is 32.1. The number of hydrogen-bond acceptors (Lipinski definition) is 4. The van der Waals surface area contributed by atoms with Crippen molar-refractivity contribution < 1.29 is 0 Å². The number of rotatable bonds is 5. The molecule has 1 aliphatic carbocycles. The van der Waals surface area contributed by atoms with E-state index in [0.717, 1.165) is 12.5 Å². The minimum Gasteiger partial charge on any atom is -0.345 e. The van der Waals surface area contributed by atoms with Crippen LogP contribution in [-0.2, 0) is 6.54 Å². The van der Waals surface area contributed by atoms with Gasteiger partial charge in [-0.1, -0.05) is 19.8 Å². The molecule has 4 heteroatoms. The summed E-state index contributed by atoms with van der Waals surface area (Å²) in [6, 6.07) is 0.707. The Morgan fingerprint density at radius 3 is 2.80 bits per heavy atom. The number of hydrogen-bond donors (Lipinski definition) is 1. The monoisotopic (exact) mass is 293 g/mol. The van der Waals surface area contributed by atoms with Crippen LogP contribution in [0.1, 0.15) is 68.4 Å². The molecule has 2 fully saturated rings. The number of thiazole rings is 1. The van der Waals surface area contributed by atoms with Gasteiger partial charge in [0.15, 0.2) is 5.13 Å². The molecule has 1 aromatic rings. The second-order valence-electron chi connectivity index (χ2n) is 6.21. The van der Waals surface area contributed by atoms with Gasteiger partial charge in [-0.25, -0.2) is 4.98 Å². The summed E-state index contributed by atoms with van der Waals surface area (Å²) in [5.41, 5.74) is 1.40. The smallest absolute Gasteiger partial charge is 0.186 e. The number of aromatic nitrogens is 1. The lowest BCUT2D eigenvalue weighted by Gasteiger charge is -2.28. The third-order valence-electron chi connectivity index (χ3n) is 4.61. The van der Waals surface area contributed by atoms with Gasteiger partial charge in [-0.05, 0) is 39.2 Å². The lowest BCUT2D eigenvalue weighted by Crippen LogP contribution is -2.34. The van der Waals surface area contributed by atoms with Crippen molar-refractivity contribution in [2.45, 2.75) is 70.4 Å². The zero-order valence-corrected chi connectivity index (χ0v) is 13.6. The van der Waals surface area contributed by atoms with Crippen LogP contribution in [0.15, 0.2) is 0 Å². The fourth-order valence-corrected chi connectivity index (χ4v) is 4.55. The minimum atomic E-state index is 0.707. The predicted octanol–water partition coefficient (Wildman–Crippen LogP) is 3.90. The Morgan fingerprint density at radius 1 is 1.25 bits per heavy atom. The van der Waals surface area contributed by atoms with Crippen molar-refractivity contribution in [2.75, 3.05) is 18.5 Å². The summed E-state index contributed by atoms with van der Waals surface area (Å²) in [6.07, 6.45) is 9.39. The molecule has 1 unspecified atom stereocenters. The van der Waals surface area contributed by atoms with Crippen molar-refractivity contribution >= 4 is 16.5 Å². The molecule has 3 rings (SSSR count). The zero-order chi connectivity index (χ0) is 13.9. The van der Waals surface area contributed by atoms with E-state index >= 15 is 0 Å². The number of nitrogens with one attached hydrogen (secondary N) is 1. The van der Waals surface area contributed by atoms with Gasteiger partial charge in [-0.2, -0.15) is 0 Å². The summed E-state index contributed by atoms with van der Waals surface area (Å²) >= 11 is 1.94. The molecule has 0 radical (unpaired) electrons. The molecule has 1 saturated heterocycles. The van der Waals surface area contributed by atoms with E-state index in [1.807, 2.05) is 18.4 Å². The van der Waals surface area contributed by atoms with Gasteiger partial charge in [0.1, 0.15) is 0 Å². The van der Waals surface area contributed by atoms with Gasteiger partial charge in [0.2, 0.25) is 0 Å². The van der Waals surface area contributed by atoms with E-state index in [1.165, 1.54) is 67.2 Å². The first-order valence-corrected chi connectivity index (χ1v) is 9.06. The summed E-state index contributed by atoms with van der Waals surface area (Å²) in [6.45, 7) is 4.51. The van der Waals surface area contributed by atoms with Crippen molar-refractivity contribution in [3.05, 3.63) is 10.6 Å². The zero-order valence-electron chi connectivity index (χ0n) is 12.8. The van der Waals surface area contributed by atoms with Gasteiger partial charge in [-0.15, -0.1) is 11.3 Å². The highest BCUT2D eigenvalue weighted by molar-refractivity contribution is 7.15. The van der Waals surface area contributed by atoms with Gasteiger partial charge in [0.05, 0.1) is 5.69 Å². The molecule has 2 heterocycles. The molecular formula is C16H27N3S. The van der Waals surface area contributed by atoms with Gasteiger partial charge in [-0.3, -0.25) is 0 Å². The van der Waals surface area contributed by atoms with Crippen LogP contribution in [0.5, 0.6) is 0 Å². The third kappa shape index (κ3) is 3.01. The maximum Gasteiger partial charge on any atom is 0.186 e. The van der Waals surface area contributed by atoms with Gasteiger partial charge in [0, 0.05) is 29.9 Å². The van der Waals surface area contributed by atoms with Crippen molar-refractivity contribution in [3.8, 4) is 0 Å². The Bertz CT molecular complexity index is 439. The van der Waals surface area contributed by atoms with Crippen LogP contribution in [0.25, 0.3) is 0 Å². The molecule has 1 aromatic heterocycles. The highest BCUT2D eigenvalue weighted by Gasteiger charge is 2.31. The molecule has 1 aliphatic heterocycles.